The quantitative estimate of drug-likeness (QED) is 0.00884. The zero-order valence-electron chi connectivity index (χ0n) is 70.4. The van der Waals surface area contributed by atoms with Crippen molar-refractivity contribution >= 4 is 7.82 Å². The zero-order valence-corrected chi connectivity index (χ0v) is 83.0. The van der Waals surface area contributed by atoms with Gasteiger partial charge >= 0.3 is 92.7 Å². The third-order valence-electron chi connectivity index (χ3n) is 18.5. The van der Waals surface area contributed by atoms with E-state index in [0.717, 1.165) is 0 Å². The standard InChI is InChI=1S/3C25H54N.H3O4P.8H2O2.4O.4W/c3*1-5-8-11-14-17-20-23-26(4,24-21-18-15-12-9-6-2)25-22-19-16-13-10-7-3;1-5(2,3)4;8*1-2;;;;;;;;/h3*5-25H2,1-4H3;(H3,1,2,3,4);8*1-2H;;;;;;;;/q3*+1;;;;;;;;;;;;;;;;;/p-3. The minimum atomic E-state index is -5.39. The Kier molecular flexibility index (Phi) is 213. The fourth-order valence-corrected chi connectivity index (χ4v) is 12.5. The summed E-state index contributed by atoms with van der Waals surface area (Å²) in [5.74, 6) is 0. The third kappa shape index (κ3) is 176. The van der Waals surface area contributed by atoms with Crippen molar-refractivity contribution in [2.24, 2.45) is 0 Å². The molecule has 0 atom stereocenters. The second-order valence-electron chi connectivity index (χ2n) is 27.7. The summed E-state index contributed by atoms with van der Waals surface area (Å²) >= 11 is 1.33. The van der Waals surface area contributed by atoms with Crippen LogP contribution in [0.3, 0.4) is 0 Å². The van der Waals surface area contributed by atoms with Crippen LogP contribution in [-0.2, 0) is 97.3 Å². The first-order chi connectivity index (χ1) is 52.0. The molecule has 0 unspecified atom stereocenters. The average molecular weight is 2270 g/mol. The Bertz CT molecular complexity index is 1090. The second-order valence-corrected chi connectivity index (χ2v) is 28.6. The molecule has 0 aromatic rings. The van der Waals surface area contributed by atoms with Gasteiger partial charge in [-0.25, -0.2) is 0 Å². The first-order valence-corrected chi connectivity index (χ1v) is 46.8. The predicted octanol–water partition coefficient (Wildman–Crippen LogP) is 22.4. The summed E-state index contributed by atoms with van der Waals surface area (Å²) in [5.41, 5.74) is 0. The van der Waals surface area contributed by atoms with E-state index in [2.05, 4.69) is 83.5 Å². The molecule has 0 amide bonds. The molecule has 0 saturated carbocycles. The fraction of sp³-hybridized carbons (Fsp3) is 1.00. The van der Waals surface area contributed by atoms with Crippen molar-refractivity contribution in [3.63, 3.8) is 0 Å². The Morgan fingerprint density at radius 1 is 0.178 bits per heavy atom. The Labute approximate surface area is 701 Å². The Morgan fingerprint density at radius 2 is 0.234 bits per heavy atom. The fourth-order valence-electron chi connectivity index (χ4n) is 12.5. The Morgan fingerprint density at radius 3 is 0.299 bits per heavy atom. The van der Waals surface area contributed by atoms with E-state index in [4.69, 9.17) is 117 Å². The van der Waals surface area contributed by atoms with Gasteiger partial charge in [0.25, 0.3) is 0 Å². The van der Waals surface area contributed by atoms with Gasteiger partial charge in [-0.3, -0.25) is 84.1 Å². The van der Waals surface area contributed by atoms with E-state index in [0.29, 0.717) is 79.1 Å². The van der Waals surface area contributed by atoms with Crippen molar-refractivity contribution in [1.29, 1.82) is 0 Å². The van der Waals surface area contributed by atoms with Gasteiger partial charge in [0.1, 0.15) is 0 Å². The molecule has 16 N–H and O–H groups in total. The molecule has 0 spiro atoms. The molecule has 0 aliphatic rings. The van der Waals surface area contributed by atoms with E-state index < -0.39 is 7.82 Å². The molecule has 0 aliphatic carbocycles. The van der Waals surface area contributed by atoms with Crippen molar-refractivity contribution in [1.82, 2.24) is 0 Å². The zero-order chi connectivity index (χ0) is 86.5. The average Bonchev–Trinajstić information content (AvgIpc) is 0.925. The van der Waals surface area contributed by atoms with E-state index >= 15 is 0 Å². The van der Waals surface area contributed by atoms with Crippen molar-refractivity contribution in [3.05, 3.63) is 0 Å². The van der Waals surface area contributed by atoms with Crippen LogP contribution in [-0.4, -0.2) is 178 Å². The summed E-state index contributed by atoms with van der Waals surface area (Å²) in [6.45, 7) is 33.7. The van der Waals surface area contributed by atoms with Crippen LogP contribution in [0.15, 0.2) is 0 Å². The number of unbranched alkanes of at least 4 members (excludes halogenated alkanes) is 45. The van der Waals surface area contributed by atoms with Crippen molar-refractivity contribution in [2.75, 3.05) is 80.0 Å². The first-order valence-electron chi connectivity index (χ1n) is 40.5. The molecule has 0 bridgehead atoms. The third-order valence-corrected chi connectivity index (χ3v) is 18.5. The molecule has 107 heavy (non-hydrogen) atoms. The molecule has 0 aromatic carbocycles. The number of hydrogen-bond acceptors (Lipinski definition) is 24. The van der Waals surface area contributed by atoms with Gasteiger partial charge in [0.15, 0.2) is 0 Å². The Hall–Kier alpha value is 1.30. The van der Waals surface area contributed by atoms with E-state index in [1.165, 1.54) is 419 Å². The molecule has 0 radical (unpaired) electrons. The maximum atomic E-state index is 8.55. The van der Waals surface area contributed by atoms with Crippen LogP contribution in [0, 0.1) is 0 Å². The van der Waals surface area contributed by atoms with Gasteiger partial charge in [-0.05, 0) is 116 Å². The summed E-state index contributed by atoms with van der Waals surface area (Å²) in [4.78, 5) is 25.6. The summed E-state index contributed by atoms with van der Waals surface area (Å²) in [6.07, 6.45) is 77.6. The van der Waals surface area contributed by atoms with Gasteiger partial charge in [0.2, 0.25) is 0 Å². The molecule has 0 fully saturated rings. The number of phosphoric acid groups is 1. The van der Waals surface area contributed by atoms with Gasteiger partial charge < -0.3 is 32.7 Å². The van der Waals surface area contributed by atoms with E-state index in [-0.39, 0.29) is 0 Å². The number of nitrogens with zero attached hydrogens (tertiary/aromatic N) is 3. The molecule has 0 aromatic heterocycles. The molecular weight excluding hydrogens is 2090 g/mol. The normalized spacial score (nSPS) is 9.90. The summed E-state index contributed by atoms with van der Waals surface area (Å²) < 4.78 is 46.0. The van der Waals surface area contributed by atoms with Crippen LogP contribution in [0.5, 0.6) is 0 Å². The SMILES string of the molecule is CCCCCCCC[N+](C)(CCCCCCCC)CCCCCCCC.CCCCCCCC[N+](C)(CCCCCCCC)CCCCCCCC.CCCCCCCC[N+](C)(CCCCCCCC)CCCCCCCC.O=P([O-])([O-])[O-].OO.OO.OO.OO.OO.OO.OO.OO.[O]=[W].[O]=[W].[O]=[W].[O]=[W]. The topological polar surface area (TPSA) is 478 Å². The van der Waals surface area contributed by atoms with E-state index in [1.54, 1.807) is 0 Å². The predicted molar refractivity (Wildman–Crippen MR) is 415 cm³/mol. The monoisotopic (exact) mass is 2270 g/mol. The maximum absolute atomic E-state index is 8.55. The molecule has 0 rings (SSSR count). The van der Waals surface area contributed by atoms with Crippen LogP contribution in [0.25, 0.3) is 0 Å². The molecule has 0 aliphatic heterocycles. The summed E-state index contributed by atoms with van der Waals surface area (Å²) in [5, 5.41) is 96.0. The van der Waals surface area contributed by atoms with Gasteiger partial charge in [-0.2, -0.15) is 7.82 Å². The van der Waals surface area contributed by atoms with Crippen LogP contribution < -0.4 is 14.7 Å². The van der Waals surface area contributed by atoms with Gasteiger partial charge in [0.05, 0.1) is 80.0 Å². The van der Waals surface area contributed by atoms with Gasteiger partial charge in [0, 0.05) is 0 Å². The second kappa shape index (κ2) is 156. The molecule has 32 heteroatoms. The Balaban J connectivity index is -0.0000000702. The molecular formula is C75H178N3O24PW4. The van der Waals surface area contributed by atoms with Crippen molar-refractivity contribution in [3.8, 4) is 0 Å². The number of hydrogen-bond donors (Lipinski definition) is 16. The van der Waals surface area contributed by atoms with Crippen molar-refractivity contribution < 1.29 is 210 Å². The van der Waals surface area contributed by atoms with E-state index in [9.17, 15) is 0 Å². The summed E-state index contributed by atoms with van der Waals surface area (Å²) in [6, 6.07) is 0. The van der Waals surface area contributed by atoms with E-state index in [1.807, 2.05) is 0 Å². The molecule has 0 saturated heterocycles. The van der Waals surface area contributed by atoms with Crippen LogP contribution in [0.2, 0.25) is 0 Å². The van der Waals surface area contributed by atoms with Gasteiger partial charge in [-0.15, -0.1) is 0 Å². The molecule has 27 nitrogen and oxygen atoms in total. The minimum absolute atomic E-state index is 0.333. The number of quaternary nitrogens is 3. The number of rotatable bonds is 63. The molecule has 0 heterocycles. The van der Waals surface area contributed by atoms with Gasteiger partial charge in [-0.1, -0.05) is 293 Å². The van der Waals surface area contributed by atoms with Crippen molar-refractivity contribution in [2.45, 2.75) is 409 Å². The molecule has 666 valence electrons. The van der Waals surface area contributed by atoms with Crippen LogP contribution >= 0.6 is 7.82 Å². The first kappa shape index (κ1) is 146. The summed E-state index contributed by atoms with van der Waals surface area (Å²) in [7, 11) is 2.29. The van der Waals surface area contributed by atoms with Crippen LogP contribution in [0.4, 0.5) is 0 Å². The van der Waals surface area contributed by atoms with Crippen LogP contribution in [0.1, 0.15) is 409 Å².